The molecule has 150 valence electrons. The molecule has 3 aromatic rings. The smallest absolute Gasteiger partial charge is 0.224 e. The summed E-state index contributed by atoms with van der Waals surface area (Å²) in [7, 11) is 1.64. The molecule has 7 heteroatoms. The number of hydrogen-bond acceptors (Lipinski definition) is 4. The lowest BCUT2D eigenvalue weighted by Crippen LogP contribution is -2.33. The van der Waals surface area contributed by atoms with Crippen molar-refractivity contribution in [3.8, 4) is 11.4 Å². The molecule has 1 atom stereocenters. The molecule has 1 amide bonds. The highest BCUT2D eigenvalue weighted by Gasteiger charge is 2.29. The Morgan fingerprint density at radius 2 is 1.93 bits per heavy atom. The number of aromatic nitrogens is 2. The number of methoxy groups -OCH3 is 1. The predicted molar refractivity (Wildman–Crippen MR) is 107 cm³/mol. The number of imidazole rings is 1. The van der Waals surface area contributed by atoms with Crippen molar-refractivity contribution in [3.05, 3.63) is 78.1 Å². The first-order valence-electron chi connectivity index (χ1n) is 9.54. The van der Waals surface area contributed by atoms with Crippen LogP contribution in [0.2, 0.25) is 0 Å². The van der Waals surface area contributed by atoms with Gasteiger partial charge in [0.05, 0.1) is 13.7 Å². The van der Waals surface area contributed by atoms with Crippen LogP contribution < -0.4 is 10.1 Å². The van der Waals surface area contributed by atoms with Crippen molar-refractivity contribution in [1.82, 2.24) is 19.8 Å². The van der Waals surface area contributed by atoms with Crippen LogP contribution in [0.1, 0.15) is 17.8 Å². The van der Waals surface area contributed by atoms with Gasteiger partial charge >= 0.3 is 0 Å². The first-order chi connectivity index (χ1) is 14.1. The monoisotopic (exact) mass is 394 g/mol. The molecule has 0 bridgehead atoms. The minimum absolute atomic E-state index is 0.0592. The van der Waals surface area contributed by atoms with Gasteiger partial charge in [0.2, 0.25) is 5.91 Å². The van der Waals surface area contributed by atoms with Gasteiger partial charge in [-0.1, -0.05) is 12.1 Å². The van der Waals surface area contributed by atoms with E-state index < -0.39 is 0 Å². The molecule has 1 aromatic heterocycles. The summed E-state index contributed by atoms with van der Waals surface area (Å²) in [6, 6.07) is 14.1. The average molecular weight is 394 g/mol. The Hall–Kier alpha value is -3.19. The van der Waals surface area contributed by atoms with Crippen LogP contribution in [0.5, 0.6) is 5.75 Å². The zero-order chi connectivity index (χ0) is 20.2. The second-order valence-corrected chi connectivity index (χ2v) is 7.09. The van der Waals surface area contributed by atoms with E-state index in [2.05, 4.69) is 10.3 Å². The molecule has 4 rings (SSSR count). The van der Waals surface area contributed by atoms with E-state index >= 15 is 0 Å². The van der Waals surface area contributed by atoms with Crippen LogP contribution in [0.4, 0.5) is 4.39 Å². The summed E-state index contributed by atoms with van der Waals surface area (Å²) in [4.78, 5) is 18.6. The number of rotatable bonds is 7. The third-order valence-corrected chi connectivity index (χ3v) is 5.12. The molecule has 2 heterocycles. The van der Waals surface area contributed by atoms with E-state index in [4.69, 9.17) is 4.74 Å². The number of likely N-dealkylation sites (tertiary alicyclic amines) is 1. The van der Waals surface area contributed by atoms with Crippen LogP contribution in [0.25, 0.3) is 5.69 Å². The number of carbonyl (C=O) groups excluding carboxylic acids is 1. The zero-order valence-electron chi connectivity index (χ0n) is 16.2. The lowest BCUT2D eigenvalue weighted by atomic mass is 10.2. The third-order valence-electron chi connectivity index (χ3n) is 5.12. The number of halogens is 1. The van der Waals surface area contributed by atoms with Gasteiger partial charge in [-0.3, -0.25) is 4.79 Å². The Kier molecular flexibility index (Phi) is 5.57. The number of nitrogens with one attached hydrogen (secondary N) is 1. The highest BCUT2D eigenvalue weighted by atomic mass is 19.1. The summed E-state index contributed by atoms with van der Waals surface area (Å²) >= 11 is 0. The maximum atomic E-state index is 13.1. The van der Waals surface area contributed by atoms with Crippen LogP contribution >= 0.6 is 0 Å². The number of nitrogens with zero attached hydrogens (tertiary/aromatic N) is 3. The van der Waals surface area contributed by atoms with Crippen molar-refractivity contribution in [3.63, 3.8) is 0 Å². The largest absolute Gasteiger partial charge is 0.497 e. The van der Waals surface area contributed by atoms with Gasteiger partial charge < -0.3 is 19.5 Å². The van der Waals surface area contributed by atoms with Gasteiger partial charge in [-0.15, -0.1) is 0 Å². The van der Waals surface area contributed by atoms with E-state index in [1.54, 1.807) is 30.3 Å². The summed E-state index contributed by atoms with van der Waals surface area (Å²) in [5.41, 5.74) is 1.93. The normalized spacial score (nSPS) is 16.4. The molecule has 1 unspecified atom stereocenters. The van der Waals surface area contributed by atoms with Crippen LogP contribution in [-0.2, 0) is 17.9 Å². The topological polar surface area (TPSA) is 59.4 Å². The van der Waals surface area contributed by atoms with Crippen molar-refractivity contribution in [2.45, 2.75) is 25.6 Å². The molecular weight excluding hydrogens is 371 g/mol. The Morgan fingerprint density at radius 3 is 2.66 bits per heavy atom. The zero-order valence-corrected chi connectivity index (χ0v) is 16.2. The van der Waals surface area contributed by atoms with Gasteiger partial charge in [0, 0.05) is 43.6 Å². The van der Waals surface area contributed by atoms with Gasteiger partial charge in [-0.2, -0.15) is 0 Å². The maximum absolute atomic E-state index is 13.1. The summed E-state index contributed by atoms with van der Waals surface area (Å²) < 4.78 is 20.3. The second-order valence-electron chi connectivity index (χ2n) is 7.09. The first kappa shape index (κ1) is 19.1. The number of ether oxygens (including phenoxy) is 1. The van der Waals surface area contributed by atoms with Gasteiger partial charge in [0.15, 0.2) is 0 Å². The summed E-state index contributed by atoms with van der Waals surface area (Å²) in [6.07, 6.45) is 4.13. The van der Waals surface area contributed by atoms with Crippen LogP contribution in [0, 0.1) is 5.82 Å². The number of benzene rings is 2. The molecule has 1 N–H and O–H groups in total. The Bertz CT molecular complexity index is 969. The van der Waals surface area contributed by atoms with Crippen molar-refractivity contribution >= 4 is 5.91 Å². The second kappa shape index (κ2) is 8.45. The molecule has 0 aliphatic carbocycles. The highest BCUT2D eigenvalue weighted by Crippen LogP contribution is 2.18. The minimum Gasteiger partial charge on any atom is -0.497 e. The van der Waals surface area contributed by atoms with E-state index in [-0.39, 0.29) is 17.8 Å². The van der Waals surface area contributed by atoms with E-state index in [0.29, 0.717) is 26.1 Å². The highest BCUT2D eigenvalue weighted by molar-refractivity contribution is 5.79. The van der Waals surface area contributed by atoms with Gasteiger partial charge in [0.1, 0.15) is 17.4 Å². The van der Waals surface area contributed by atoms with E-state index in [1.165, 1.54) is 12.1 Å². The molecule has 1 aliphatic heterocycles. The molecule has 1 saturated heterocycles. The molecule has 2 aromatic carbocycles. The molecule has 29 heavy (non-hydrogen) atoms. The van der Waals surface area contributed by atoms with Crippen molar-refractivity contribution in [2.75, 3.05) is 13.7 Å². The van der Waals surface area contributed by atoms with E-state index in [1.807, 2.05) is 35.0 Å². The van der Waals surface area contributed by atoms with Crippen LogP contribution in [-0.4, -0.2) is 40.1 Å². The van der Waals surface area contributed by atoms with Crippen LogP contribution in [0.15, 0.2) is 60.9 Å². The van der Waals surface area contributed by atoms with Crippen LogP contribution in [0.3, 0.4) is 0 Å². The molecule has 0 radical (unpaired) electrons. The Morgan fingerprint density at radius 1 is 1.17 bits per heavy atom. The number of hydrogen-bond donors (Lipinski definition) is 1. The third kappa shape index (κ3) is 4.46. The lowest BCUT2D eigenvalue weighted by Gasteiger charge is -2.17. The molecular formula is C22H23FN4O2. The summed E-state index contributed by atoms with van der Waals surface area (Å²) in [5, 5.41) is 3.44. The molecule has 6 nitrogen and oxygen atoms in total. The van der Waals surface area contributed by atoms with Gasteiger partial charge in [-0.25, -0.2) is 9.37 Å². The molecule has 1 fully saturated rings. The molecule has 1 aliphatic rings. The summed E-state index contributed by atoms with van der Waals surface area (Å²) in [6.45, 7) is 1.68. The number of carbonyl (C=O) groups is 1. The number of amides is 1. The summed E-state index contributed by atoms with van der Waals surface area (Å²) in [5.74, 6) is 1.51. The standard InChI is InChI=1S/C22H23FN4O2/c1-29-20-8-6-19(7-9-20)27-11-10-24-21(27)13-25-18-12-22(28)26(15-18)14-16-2-4-17(23)5-3-16/h2-11,18,25H,12-15H2,1H3. The minimum atomic E-state index is -0.270. The first-order valence-corrected chi connectivity index (χ1v) is 9.54. The van der Waals surface area contributed by atoms with E-state index in [9.17, 15) is 9.18 Å². The van der Waals surface area contributed by atoms with Crippen molar-refractivity contribution < 1.29 is 13.9 Å². The SMILES string of the molecule is COc1ccc(-n2ccnc2CNC2CC(=O)N(Cc3ccc(F)cc3)C2)cc1. The van der Waals surface area contributed by atoms with Crippen molar-refractivity contribution in [1.29, 1.82) is 0 Å². The van der Waals surface area contributed by atoms with E-state index in [0.717, 1.165) is 22.8 Å². The fourth-order valence-electron chi connectivity index (χ4n) is 3.55. The lowest BCUT2D eigenvalue weighted by molar-refractivity contribution is -0.128. The fourth-order valence-corrected chi connectivity index (χ4v) is 3.55. The van der Waals surface area contributed by atoms with Gasteiger partial charge in [-0.05, 0) is 42.0 Å². The average Bonchev–Trinajstić information content (AvgIpc) is 3.35. The quantitative estimate of drug-likeness (QED) is 0.670. The van der Waals surface area contributed by atoms with Gasteiger partial charge in [0.25, 0.3) is 0 Å². The van der Waals surface area contributed by atoms with Crippen molar-refractivity contribution in [2.24, 2.45) is 0 Å². The maximum Gasteiger partial charge on any atom is 0.224 e. The molecule has 0 spiro atoms. The predicted octanol–water partition coefficient (Wildman–Crippen LogP) is 2.91. The fraction of sp³-hybridized carbons (Fsp3) is 0.273. The molecule has 0 saturated carbocycles. The Balaban J connectivity index is 1.36. The Labute approximate surface area is 168 Å².